The number of carbonyl (C=O) groups is 3. The van der Waals surface area contributed by atoms with E-state index in [-0.39, 0.29) is 23.8 Å². The molecule has 7 heteroatoms. The molecule has 2 bridgehead atoms. The van der Waals surface area contributed by atoms with Gasteiger partial charge in [0.25, 0.3) is 0 Å². The van der Waals surface area contributed by atoms with Gasteiger partial charge in [0.2, 0.25) is 17.7 Å². The van der Waals surface area contributed by atoms with Gasteiger partial charge in [-0.1, -0.05) is 42.5 Å². The number of hydrogen-bond acceptors (Lipinski definition) is 4. The SMILES string of the molecule is CC(C)N1C(=O)[C@H]2[C@@H](C(=O)NCc3ccccc3)[C@H]3C=C[C@@]2(O3)[C@H]1C(=O)NC(C)(C)C. The van der Waals surface area contributed by atoms with Crippen LogP contribution in [-0.4, -0.2) is 51.9 Å². The van der Waals surface area contributed by atoms with Crippen molar-refractivity contribution in [1.82, 2.24) is 15.5 Å². The summed E-state index contributed by atoms with van der Waals surface area (Å²) in [4.78, 5) is 41.6. The zero-order valence-electron chi connectivity index (χ0n) is 18.7. The van der Waals surface area contributed by atoms with Crippen molar-refractivity contribution in [1.29, 1.82) is 0 Å². The molecule has 2 saturated heterocycles. The molecule has 0 aromatic heterocycles. The second-order valence-corrected chi connectivity index (χ2v) is 9.98. The Morgan fingerprint density at radius 1 is 1.16 bits per heavy atom. The van der Waals surface area contributed by atoms with E-state index in [9.17, 15) is 14.4 Å². The number of benzene rings is 1. The first-order chi connectivity index (χ1) is 14.5. The summed E-state index contributed by atoms with van der Waals surface area (Å²) < 4.78 is 6.27. The number of likely N-dealkylation sites (tertiary alicyclic amines) is 1. The van der Waals surface area contributed by atoms with Gasteiger partial charge in [-0.2, -0.15) is 0 Å². The number of nitrogens with zero attached hydrogens (tertiary/aromatic N) is 1. The molecule has 5 atom stereocenters. The van der Waals surface area contributed by atoms with Crippen LogP contribution in [0.5, 0.6) is 0 Å². The van der Waals surface area contributed by atoms with Gasteiger partial charge in [-0.25, -0.2) is 0 Å². The zero-order valence-corrected chi connectivity index (χ0v) is 18.7. The van der Waals surface area contributed by atoms with E-state index in [4.69, 9.17) is 4.74 Å². The fraction of sp³-hybridized carbons (Fsp3) is 0.542. The van der Waals surface area contributed by atoms with Crippen LogP contribution in [0.1, 0.15) is 40.2 Å². The van der Waals surface area contributed by atoms with E-state index in [1.54, 1.807) is 4.90 Å². The molecule has 1 aromatic carbocycles. The van der Waals surface area contributed by atoms with E-state index in [1.807, 2.05) is 77.1 Å². The monoisotopic (exact) mass is 425 g/mol. The maximum absolute atomic E-state index is 13.5. The van der Waals surface area contributed by atoms with Crippen molar-refractivity contribution in [3.63, 3.8) is 0 Å². The van der Waals surface area contributed by atoms with Gasteiger partial charge in [0.05, 0.1) is 17.9 Å². The predicted octanol–water partition coefficient (Wildman–Crippen LogP) is 1.78. The van der Waals surface area contributed by atoms with E-state index < -0.39 is 35.1 Å². The second kappa shape index (κ2) is 7.48. The molecular weight excluding hydrogens is 394 g/mol. The lowest BCUT2D eigenvalue weighted by Gasteiger charge is -2.36. The van der Waals surface area contributed by atoms with Gasteiger partial charge in [0.15, 0.2) is 0 Å². The number of rotatable bonds is 5. The number of fused-ring (bicyclic) bond motifs is 1. The van der Waals surface area contributed by atoms with Crippen LogP contribution < -0.4 is 10.6 Å². The predicted molar refractivity (Wildman–Crippen MR) is 116 cm³/mol. The van der Waals surface area contributed by atoms with E-state index in [2.05, 4.69) is 10.6 Å². The molecule has 0 radical (unpaired) electrons. The Morgan fingerprint density at radius 3 is 2.45 bits per heavy atom. The third-order valence-corrected chi connectivity index (χ3v) is 6.23. The first kappa shape index (κ1) is 21.6. The van der Waals surface area contributed by atoms with Crippen LogP contribution in [-0.2, 0) is 25.7 Å². The van der Waals surface area contributed by atoms with E-state index in [0.29, 0.717) is 6.54 Å². The minimum Gasteiger partial charge on any atom is -0.359 e. The summed E-state index contributed by atoms with van der Waals surface area (Å²) >= 11 is 0. The largest absolute Gasteiger partial charge is 0.359 e. The second-order valence-electron chi connectivity index (χ2n) is 9.98. The third kappa shape index (κ3) is 3.55. The summed E-state index contributed by atoms with van der Waals surface area (Å²) in [6, 6.07) is 8.62. The summed E-state index contributed by atoms with van der Waals surface area (Å²) in [5.41, 5.74) is -0.588. The topological polar surface area (TPSA) is 87.7 Å². The molecule has 4 rings (SSSR count). The smallest absolute Gasteiger partial charge is 0.246 e. The van der Waals surface area contributed by atoms with Gasteiger partial charge >= 0.3 is 0 Å². The Morgan fingerprint density at radius 2 is 1.84 bits per heavy atom. The fourth-order valence-electron chi connectivity index (χ4n) is 5.10. The molecule has 3 heterocycles. The average Bonchev–Trinajstić information content (AvgIpc) is 3.32. The van der Waals surface area contributed by atoms with Crippen LogP contribution in [0.2, 0.25) is 0 Å². The summed E-state index contributed by atoms with van der Waals surface area (Å²) in [6.45, 7) is 9.85. The quantitative estimate of drug-likeness (QED) is 0.704. The number of amides is 3. The lowest BCUT2D eigenvalue weighted by atomic mass is 9.74. The van der Waals surface area contributed by atoms with E-state index in [1.165, 1.54) is 0 Å². The van der Waals surface area contributed by atoms with Crippen LogP contribution in [0, 0.1) is 11.8 Å². The van der Waals surface area contributed by atoms with Crippen LogP contribution in [0.15, 0.2) is 42.5 Å². The van der Waals surface area contributed by atoms with Crippen LogP contribution in [0.4, 0.5) is 0 Å². The summed E-state index contributed by atoms with van der Waals surface area (Å²) in [5, 5.41) is 5.96. The van der Waals surface area contributed by atoms with Gasteiger partial charge < -0.3 is 20.3 Å². The standard InChI is InChI=1S/C24H31N3O4/c1-14(2)27-19(21(29)26-23(3,4)5)24-12-11-16(31-24)17(18(24)22(27)30)20(28)25-13-15-9-7-6-8-10-15/h6-12,14,16-19H,13H2,1-5H3,(H,25,28)(H,26,29)/t16-,17+,18-,19-,24+/m1/s1. The lowest BCUT2D eigenvalue weighted by Crippen LogP contribution is -2.59. The van der Waals surface area contributed by atoms with E-state index in [0.717, 1.165) is 5.56 Å². The van der Waals surface area contributed by atoms with Crippen molar-refractivity contribution in [3.8, 4) is 0 Å². The lowest BCUT2D eigenvalue weighted by molar-refractivity contribution is -0.144. The van der Waals surface area contributed by atoms with Crippen molar-refractivity contribution in [3.05, 3.63) is 48.0 Å². The first-order valence-corrected chi connectivity index (χ1v) is 10.9. The Labute approximate surface area is 183 Å². The molecule has 0 aliphatic carbocycles. The molecule has 2 fully saturated rings. The van der Waals surface area contributed by atoms with Crippen LogP contribution in [0.25, 0.3) is 0 Å². The number of hydrogen-bond donors (Lipinski definition) is 2. The van der Waals surface area contributed by atoms with Crippen molar-refractivity contribution in [2.24, 2.45) is 11.8 Å². The fourth-order valence-corrected chi connectivity index (χ4v) is 5.10. The molecule has 7 nitrogen and oxygen atoms in total. The molecule has 0 saturated carbocycles. The van der Waals surface area contributed by atoms with Crippen molar-refractivity contribution < 1.29 is 19.1 Å². The van der Waals surface area contributed by atoms with E-state index >= 15 is 0 Å². The van der Waals surface area contributed by atoms with Gasteiger partial charge in [-0.3, -0.25) is 14.4 Å². The molecule has 1 aromatic rings. The highest BCUT2D eigenvalue weighted by Crippen LogP contribution is 2.55. The Balaban J connectivity index is 1.62. The molecule has 3 aliphatic heterocycles. The molecule has 2 N–H and O–H groups in total. The van der Waals surface area contributed by atoms with Crippen LogP contribution in [0.3, 0.4) is 0 Å². The molecule has 0 unspecified atom stereocenters. The van der Waals surface area contributed by atoms with Crippen molar-refractivity contribution >= 4 is 17.7 Å². The molecular formula is C24H31N3O4. The average molecular weight is 426 g/mol. The van der Waals surface area contributed by atoms with Gasteiger partial charge in [0, 0.05) is 18.1 Å². The third-order valence-electron chi connectivity index (χ3n) is 6.23. The number of carbonyl (C=O) groups excluding carboxylic acids is 3. The first-order valence-electron chi connectivity index (χ1n) is 10.9. The highest BCUT2D eigenvalue weighted by Gasteiger charge is 2.73. The molecule has 166 valence electrons. The minimum atomic E-state index is -1.11. The Bertz CT molecular complexity index is 921. The molecule has 31 heavy (non-hydrogen) atoms. The van der Waals surface area contributed by atoms with Gasteiger partial charge in [0.1, 0.15) is 11.6 Å². The minimum absolute atomic E-state index is 0.198. The Kier molecular flexibility index (Phi) is 5.20. The Hall–Kier alpha value is -2.67. The normalized spacial score (nSPS) is 31.3. The number of nitrogens with one attached hydrogen (secondary N) is 2. The van der Waals surface area contributed by atoms with Crippen LogP contribution >= 0.6 is 0 Å². The maximum atomic E-state index is 13.5. The molecule has 3 aliphatic rings. The number of ether oxygens (including phenoxy) is 1. The highest BCUT2D eigenvalue weighted by molar-refractivity contribution is 6.00. The van der Waals surface area contributed by atoms with Crippen molar-refractivity contribution in [2.45, 2.75) is 70.5 Å². The molecule has 3 amide bonds. The summed E-state index contributed by atoms with van der Waals surface area (Å²) in [5.74, 6) is -2.05. The highest BCUT2D eigenvalue weighted by atomic mass is 16.5. The summed E-state index contributed by atoms with van der Waals surface area (Å²) in [7, 11) is 0. The maximum Gasteiger partial charge on any atom is 0.246 e. The van der Waals surface area contributed by atoms with Crippen molar-refractivity contribution in [2.75, 3.05) is 0 Å². The molecule has 1 spiro atoms. The summed E-state index contributed by atoms with van der Waals surface area (Å²) in [6.07, 6.45) is 3.15. The van der Waals surface area contributed by atoms with Gasteiger partial charge in [-0.15, -0.1) is 0 Å². The zero-order chi connectivity index (χ0) is 22.6. The van der Waals surface area contributed by atoms with Gasteiger partial charge in [-0.05, 0) is 40.2 Å².